The van der Waals surface area contributed by atoms with E-state index in [9.17, 15) is 0 Å². The Balaban J connectivity index is 3.26. The van der Waals surface area contributed by atoms with Crippen molar-refractivity contribution in [2.24, 2.45) is 0 Å². The van der Waals surface area contributed by atoms with Crippen molar-refractivity contribution in [2.45, 2.75) is 6.92 Å². The van der Waals surface area contributed by atoms with E-state index in [-0.39, 0.29) is 5.44 Å². The molecule has 0 rings (SSSR count). The predicted octanol–water partition coefficient (Wildman–Crippen LogP) is 2.44. The van der Waals surface area contributed by atoms with Crippen LogP contribution in [0.5, 0.6) is 0 Å². The molecule has 0 nitrogen and oxygen atoms in total. The normalized spacial score (nSPS) is 13.7. The fourth-order valence-electron chi connectivity index (χ4n) is 0. The maximum Gasteiger partial charge on any atom is 0.129 e. The fraction of sp³-hybridized carbons (Fsp3) is 0.333. The number of hydrogen-bond donors (Lipinski definition) is 0. The highest BCUT2D eigenvalue weighted by Crippen LogP contribution is 2.46. The largest absolute Gasteiger partial charge is 0.129 e. The first-order valence-corrected chi connectivity index (χ1v) is 5.70. The first kappa shape index (κ1) is 6.96. The molecular formula is C3H5BIP. The molecule has 0 spiro atoms. The molecule has 32 valence electrons. The third kappa shape index (κ3) is 3.17. The van der Waals surface area contributed by atoms with Crippen LogP contribution in [-0.2, 0) is 0 Å². The van der Waals surface area contributed by atoms with Crippen LogP contribution < -0.4 is 0 Å². The van der Waals surface area contributed by atoms with Crippen molar-refractivity contribution in [3.05, 3.63) is 11.9 Å². The zero-order valence-electron chi connectivity index (χ0n) is 3.61. The van der Waals surface area contributed by atoms with Crippen molar-refractivity contribution in [1.29, 1.82) is 0 Å². The molecule has 0 N–H and O–H groups in total. The van der Waals surface area contributed by atoms with E-state index in [4.69, 9.17) is 7.57 Å². The summed E-state index contributed by atoms with van der Waals surface area (Å²) in [6.45, 7) is 5.59. The van der Waals surface area contributed by atoms with E-state index in [1.165, 1.54) is 0 Å². The highest BCUT2D eigenvalue weighted by Gasteiger charge is 1.88. The Bertz CT molecular complexity index is 61.8. The average molecular weight is 210 g/mol. The molecule has 1 unspecified atom stereocenters. The minimum atomic E-state index is -0.384. The van der Waals surface area contributed by atoms with Crippen LogP contribution in [-0.4, -0.2) is 7.57 Å². The van der Waals surface area contributed by atoms with Crippen molar-refractivity contribution in [3.8, 4) is 0 Å². The van der Waals surface area contributed by atoms with E-state index in [0.29, 0.717) is 0 Å². The van der Waals surface area contributed by atoms with Gasteiger partial charge in [0.25, 0.3) is 0 Å². The third-order valence-corrected chi connectivity index (χ3v) is 3.56. The Morgan fingerprint density at radius 3 is 2.17 bits per heavy atom. The van der Waals surface area contributed by atoms with Gasteiger partial charge in [0.05, 0.1) is 0 Å². The van der Waals surface area contributed by atoms with E-state index < -0.39 is 0 Å². The molecule has 0 bridgehead atoms. The van der Waals surface area contributed by atoms with Crippen molar-refractivity contribution in [2.75, 3.05) is 0 Å². The summed E-state index contributed by atoms with van der Waals surface area (Å²) in [5, 5.41) is 1.09. The standard InChI is InChI=1S/C3H5BIP/c1-3(2)6(4)5/h1H2,2H3. The molecule has 0 fully saturated rings. The van der Waals surface area contributed by atoms with Gasteiger partial charge in [-0.05, 0) is 6.92 Å². The summed E-state index contributed by atoms with van der Waals surface area (Å²) in [7, 11) is 5.39. The number of halogens is 1. The molecule has 0 aliphatic heterocycles. The smallest absolute Gasteiger partial charge is 0.0957 e. The summed E-state index contributed by atoms with van der Waals surface area (Å²) in [5.41, 5.74) is -0.384. The first-order chi connectivity index (χ1) is 2.64. The van der Waals surface area contributed by atoms with Crippen LogP contribution in [0.4, 0.5) is 0 Å². The molecule has 0 heterocycles. The van der Waals surface area contributed by atoms with Crippen LogP contribution in [0.1, 0.15) is 6.92 Å². The van der Waals surface area contributed by atoms with Crippen molar-refractivity contribution < 1.29 is 0 Å². The van der Waals surface area contributed by atoms with Gasteiger partial charge in [-0.3, -0.25) is 0 Å². The maximum absolute atomic E-state index is 5.39. The van der Waals surface area contributed by atoms with Gasteiger partial charge in [-0.2, -0.15) is 0 Å². The van der Waals surface area contributed by atoms with Crippen LogP contribution >= 0.6 is 27.5 Å². The summed E-state index contributed by atoms with van der Waals surface area (Å²) in [5.74, 6) is 0. The molecule has 0 amide bonds. The third-order valence-electron chi connectivity index (χ3n) is 0.365. The Morgan fingerprint density at radius 1 is 2.00 bits per heavy atom. The molecule has 3 heteroatoms. The molecule has 0 saturated heterocycles. The monoisotopic (exact) mass is 210 g/mol. The Hall–Kier alpha value is 0.965. The minimum Gasteiger partial charge on any atom is -0.0957 e. The predicted molar refractivity (Wildman–Crippen MR) is 41.5 cm³/mol. The molecule has 0 aromatic rings. The van der Waals surface area contributed by atoms with Crippen molar-refractivity contribution in [1.82, 2.24) is 0 Å². The van der Waals surface area contributed by atoms with Gasteiger partial charge < -0.3 is 0 Å². The lowest BCUT2D eigenvalue weighted by Crippen LogP contribution is -1.57. The quantitative estimate of drug-likeness (QED) is 0.354. The molecule has 0 aliphatic rings. The lowest BCUT2D eigenvalue weighted by molar-refractivity contribution is 1.73. The van der Waals surface area contributed by atoms with Gasteiger partial charge in [0.15, 0.2) is 0 Å². The SMILES string of the molecule is [B]P(I)C(=C)C. The van der Waals surface area contributed by atoms with Gasteiger partial charge in [-0.25, -0.2) is 0 Å². The van der Waals surface area contributed by atoms with Gasteiger partial charge in [0.2, 0.25) is 0 Å². The summed E-state index contributed by atoms with van der Waals surface area (Å²) in [6, 6.07) is 0. The second kappa shape index (κ2) is 3.03. The van der Waals surface area contributed by atoms with Gasteiger partial charge in [0, 0.05) is 0 Å². The summed E-state index contributed by atoms with van der Waals surface area (Å²) >= 11 is 2.18. The van der Waals surface area contributed by atoms with Crippen LogP contribution in [0.15, 0.2) is 11.9 Å². The van der Waals surface area contributed by atoms with E-state index in [0.717, 1.165) is 5.31 Å². The fourth-order valence-corrected chi connectivity index (χ4v) is 0. The summed E-state index contributed by atoms with van der Waals surface area (Å²) in [6.07, 6.45) is 0. The Labute approximate surface area is 54.0 Å². The molecule has 6 heavy (non-hydrogen) atoms. The summed E-state index contributed by atoms with van der Waals surface area (Å²) in [4.78, 5) is 0. The molecule has 0 aromatic carbocycles. The lowest BCUT2D eigenvalue weighted by atomic mass is 10.7. The zero-order chi connectivity index (χ0) is 5.15. The number of allylic oxidation sites excluding steroid dienone is 1. The van der Waals surface area contributed by atoms with Crippen LogP contribution in [0.3, 0.4) is 0 Å². The molecular weight excluding hydrogens is 205 g/mol. The van der Waals surface area contributed by atoms with E-state index in [1.807, 2.05) is 6.92 Å². The van der Waals surface area contributed by atoms with Crippen molar-refractivity contribution in [3.63, 3.8) is 0 Å². The van der Waals surface area contributed by atoms with Gasteiger partial charge in [0.1, 0.15) is 7.57 Å². The second-order valence-corrected chi connectivity index (χ2v) is 5.55. The minimum absolute atomic E-state index is 0.384. The molecule has 1 atom stereocenters. The van der Waals surface area contributed by atoms with Crippen LogP contribution in [0.25, 0.3) is 0 Å². The lowest BCUT2D eigenvalue weighted by Gasteiger charge is -1.96. The first-order valence-electron chi connectivity index (χ1n) is 1.50. The molecule has 0 aromatic heterocycles. The van der Waals surface area contributed by atoms with Gasteiger partial charge in [-0.15, -0.1) is 0 Å². The van der Waals surface area contributed by atoms with Crippen LogP contribution in [0.2, 0.25) is 0 Å². The van der Waals surface area contributed by atoms with Crippen molar-refractivity contribution >= 4 is 35.0 Å². The second-order valence-electron chi connectivity index (χ2n) is 1.05. The van der Waals surface area contributed by atoms with Gasteiger partial charge in [-0.1, -0.05) is 39.4 Å². The number of hydrogen-bond acceptors (Lipinski definition) is 0. The topological polar surface area (TPSA) is 0 Å². The Morgan fingerprint density at radius 2 is 2.17 bits per heavy atom. The molecule has 0 aliphatic carbocycles. The van der Waals surface area contributed by atoms with E-state index in [2.05, 4.69) is 28.6 Å². The van der Waals surface area contributed by atoms with E-state index in [1.54, 1.807) is 0 Å². The zero-order valence-corrected chi connectivity index (χ0v) is 6.66. The van der Waals surface area contributed by atoms with Gasteiger partial charge >= 0.3 is 0 Å². The maximum atomic E-state index is 5.39. The molecule has 2 radical (unpaired) electrons. The Kier molecular flexibility index (Phi) is 3.52. The number of rotatable bonds is 1. The average Bonchev–Trinajstić information content (AvgIpc) is 1.36. The molecule has 0 saturated carbocycles. The summed E-state index contributed by atoms with van der Waals surface area (Å²) < 4.78 is 0. The van der Waals surface area contributed by atoms with Crippen LogP contribution in [0, 0.1) is 0 Å². The highest BCUT2D eigenvalue weighted by atomic mass is 127. The van der Waals surface area contributed by atoms with E-state index >= 15 is 0 Å². The highest BCUT2D eigenvalue weighted by molar-refractivity contribution is 14.2.